The Labute approximate surface area is 166 Å². The highest BCUT2D eigenvalue weighted by molar-refractivity contribution is 7.47. The van der Waals surface area contributed by atoms with Crippen LogP contribution in [0.4, 0.5) is 0 Å². The number of hydrogen-bond acceptors (Lipinski definition) is 4. The standard InChI is InChI=1S/C23H21O4P/c1-26-22(24)18-12-8-16(9-13-18)21(28-20-6-4-3-5-7-20)17-10-14-19(15-11-17)23(25)27-2/h3-15,21,28H,1-2H3. The Morgan fingerprint density at radius 3 is 1.50 bits per heavy atom. The third-order valence-corrected chi connectivity index (χ3v) is 6.04. The van der Waals surface area contributed by atoms with E-state index in [1.165, 1.54) is 19.5 Å². The van der Waals surface area contributed by atoms with Crippen molar-refractivity contribution in [3.8, 4) is 0 Å². The second-order valence-electron chi connectivity index (χ2n) is 6.17. The first-order valence-electron chi connectivity index (χ1n) is 8.80. The number of benzene rings is 3. The highest BCUT2D eigenvalue weighted by Gasteiger charge is 2.17. The van der Waals surface area contributed by atoms with Crippen LogP contribution in [0, 0.1) is 0 Å². The number of carbonyl (C=O) groups is 2. The number of ether oxygens (including phenoxy) is 2. The van der Waals surface area contributed by atoms with Crippen LogP contribution in [0.1, 0.15) is 37.5 Å². The first kappa shape index (κ1) is 19.8. The van der Waals surface area contributed by atoms with Gasteiger partial charge in [-0.05, 0) is 40.7 Å². The van der Waals surface area contributed by atoms with Crippen molar-refractivity contribution in [2.45, 2.75) is 5.66 Å². The minimum atomic E-state index is -0.351. The van der Waals surface area contributed by atoms with Gasteiger partial charge in [0.2, 0.25) is 0 Å². The van der Waals surface area contributed by atoms with Gasteiger partial charge in [-0.2, -0.15) is 0 Å². The molecule has 3 aromatic carbocycles. The molecule has 5 heteroatoms. The summed E-state index contributed by atoms with van der Waals surface area (Å²) < 4.78 is 9.56. The van der Waals surface area contributed by atoms with E-state index in [1.807, 2.05) is 42.5 Å². The third kappa shape index (κ3) is 4.65. The van der Waals surface area contributed by atoms with Crippen LogP contribution in [0.15, 0.2) is 78.9 Å². The molecule has 0 aliphatic rings. The van der Waals surface area contributed by atoms with E-state index in [4.69, 9.17) is 9.47 Å². The monoisotopic (exact) mass is 392 g/mol. The number of esters is 2. The topological polar surface area (TPSA) is 52.6 Å². The molecule has 0 fully saturated rings. The Bertz CT molecular complexity index is 875. The maximum atomic E-state index is 11.7. The van der Waals surface area contributed by atoms with E-state index in [0.29, 0.717) is 19.7 Å². The maximum absolute atomic E-state index is 11.7. The van der Waals surface area contributed by atoms with Gasteiger partial charge in [0, 0.05) is 5.66 Å². The molecule has 3 rings (SSSR count). The summed E-state index contributed by atoms with van der Waals surface area (Å²) in [5.74, 6) is -0.702. The normalized spacial score (nSPS) is 11.0. The summed E-state index contributed by atoms with van der Waals surface area (Å²) in [6.07, 6.45) is 0. The molecule has 3 aromatic rings. The molecule has 28 heavy (non-hydrogen) atoms. The molecule has 0 aliphatic heterocycles. The summed E-state index contributed by atoms with van der Waals surface area (Å²) in [7, 11) is 3.25. The van der Waals surface area contributed by atoms with Gasteiger partial charge in [0.15, 0.2) is 0 Å². The Kier molecular flexibility index (Phi) is 6.57. The number of hydrogen-bond donors (Lipinski definition) is 0. The van der Waals surface area contributed by atoms with Crippen LogP contribution >= 0.6 is 8.58 Å². The lowest BCUT2D eigenvalue weighted by atomic mass is 10.0. The fraction of sp³-hybridized carbons (Fsp3) is 0.130. The molecule has 142 valence electrons. The molecule has 0 aromatic heterocycles. The smallest absolute Gasteiger partial charge is 0.337 e. The largest absolute Gasteiger partial charge is 0.465 e. The Morgan fingerprint density at radius 2 is 1.11 bits per heavy atom. The number of methoxy groups -OCH3 is 2. The predicted octanol–water partition coefficient (Wildman–Crippen LogP) is 4.35. The van der Waals surface area contributed by atoms with Crippen molar-refractivity contribution in [3.63, 3.8) is 0 Å². The molecular formula is C23H21O4P. The molecule has 0 heterocycles. The SMILES string of the molecule is COC(=O)c1ccc(C(Pc2ccccc2)c2ccc(C(=O)OC)cc2)cc1. The molecule has 0 amide bonds. The van der Waals surface area contributed by atoms with Gasteiger partial charge in [-0.1, -0.05) is 63.2 Å². The maximum Gasteiger partial charge on any atom is 0.337 e. The highest BCUT2D eigenvalue weighted by Crippen LogP contribution is 2.40. The van der Waals surface area contributed by atoms with E-state index in [1.54, 1.807) is 24.3 Å². The first-order chi connectivity index (χ1) is 13.6. The minimum Gasteiger partial charge on any atom is -0.465 e. The van der Waals surface area contributed by atoms with Crippen LogP contribution in [-0.4, -0.2) is 26.2 Å². The van der Waals surface area contributed by atoms with Crippen LogP contribution in [-0.2, 0) is 9.47 Å². The van der Waals surface area contributed by atoms with Gasteiger partial charge in [0.05, 0.1) is 25.3 Å². The van der Waals surface area contributed by atoms with Crippen LogP contribution in [0.25, 0.3) is 0 Å². The predicted molar refractivity (Wildman–Crippen MR) is 112 cm³/mol. The Morgan fingerprint density at radius 1 is 0.679 bits per heavy atom. The second kappa shape index (κ2) is 9.29. The summed E-state index contributed by atoms with van der Waals surface area (Å²) >= 11 is 0. The highest BCUT2D eigenvalue weighted by atomic mass is 31.1. The van der Waals surface area contributed by atoms with E-state index in [-0.39, 0.29) is 17.6 Å². The van der Waals surface area contributed by atoms with E-state index in [9.17, 15) is 9.59 Å². The van der Waals surface area contributed by atoms with Gasteiger partial charge < -0.3 is 9.47 Å². The van der Waals surface area contributed by atoms with Crippen molar-refractivity contribution in [1.82, 2.24) is 0 Å². The quantitative estimate of drug-likeness (QED) is 0.462. The molecule has 0 spiro atoms. The lowest BCUT2D eigenvalue weighted by Gasteiger charge is -2.19. The van der Waals surface area contributed by atoms with E-state index < -0.39 is 0 Å². The van der Waals surface area contributed by atoms with Gasteiger partial charge in [-0.3, -0.25) is 0 Å². The van der Waals surface area contributed by atoms with Crippen LogP contribution in [0.2, 0.25) is 0 Å². The summed E-state index contributed by atoms with van der Waals surface area (Å²) in [6, 6.07) is 25.2. The summed E-state index contributed by atoms with van der Waals surface area (Å²) in [4.78, 5) is 23.4. The zero-order valence-electron chi connectivity index (χ0n) is 15.7. The Hall–Kier alpha value is -2.97. The molecule has 0 aliphatic carbocycles. The van der Waals surface area contributed by atoms with Gasteiger partial charge in [0.25, 0.3) is 0 Å². The average molecular weight is 392 g/mol. The van der Waals surface area contributed by atoms with Crippen LogP contribution in [0.5, 0.6) is 0 Å². The molecular weight excluding hydrogens is 371 g/mol. The molecule has 1 atom stereocenters. The molecule has 0 saturated carbocycles. The zero-order chi connectivity index (χ0) is 19.9. The number of rotatable bonds is 6. The summed E-state index contributed by atoms with van der Waals surface area (Å²) in [6.45, 7) is 0. The molecule has 1 unspecified atom stereocenters. The van der Waals surface area contributed by atoms with Gasteiger partial charge in [-0.25, -0.2) is 9.59 Å². The van der Waals surface area contributed by atoms with Crippen molar-refractivity contribution in [1.29, 1.82) is 0 Å². The van der Waals surface area contributed by atoms with Gasteiger partial charge in [-0.15, -0.1) is 0 Å². The van der Waals surface area contributed by atoms with Crippen molar-refractivity contribution in [3.05, 3.63) is 101 Å². The van der Waals surface area contributed by atoms with E-state index in [2.05, 4.69) is 12.1 Å². The fourth-order valence-electron chi connectivity index (χ4n) is 2.92. The Balaban J connectivity index is 1.95. The van der Waals surface area contributed by atoms with E-state index in [0.717, 1.165) is 11.1 Å². The molecule has 0 bridgehead atoms. The lowest BCUT2D eigenvalue weighted by Crippen LogP contribution is -2.05. The lowest BCUT2D eigenvalue weighted by molar-refractivity contribution is 0.0592. The van der Waals surface area contributed by atoms with Crippen molar-refractivity contribution >= 4 is 25.8 Å². The molecule has 4 nitrogen and oxygen atoms in total. The number of carbonyl (C=O) groups excluding carboxylic acids is 2. The second-order valence-corrected chi connectivity index (χ2v) is 7.61. The van der Waals surface area contributed by atoms with Crippen molar-refractivity contribution in [2.75, 3.05) is 14.2 Å². The van der Waals surface area contributed by atoms with Crippen LogP contribution < -0.4 is 5.30 Å². The molecule has 0 radical (unpaired) electrons. The molecule has 0 N–H and O–H groups in total. The van der Waals surface area contributed by atoms with Gasteiger partial charge >= 0.3 is 11.9 Å². The third-order valence-electron chi connectivity index (χ3n) is 4.42. The average Bonchev–Trinajstić information content (AvgIpc) is 2.77. The van der Waals surface area contributed by atoms with Crippen molar-refractivity contribution in [2.24, 2.45) is 0 Å². The van der Waals surface area contributed by atoms with Gasteiger partial charge in [0.1, 0.15) is 0 Å². The summed E-state index contributed by atoms with van der Waals surface area (Å²) in [5, 5.41) is 1.24. The van der Waals surface area contributed by atoms with E-state index >= 15 is 0 Å². The zero-order valence-corrected chi connectivity index (χ0v) is 16.7. The minimum absolute atomic E-state index is 0.112. The fourth-order valence-corrected chi connectivity index (χ4v) is 4.36. The van der Waals surface area contributed by atoms with Crippen LogP contribution in [0.3, 0.4) is 0 Å². The molecule has 0 saturated heterocycles. The summed E-state index contributed by atoms with van der Waals surface area (Å²) in [5.41, 5.74) is 3.35. The van der Waals surface area contributed by atoms with Crippen molar-refractivity contribution < 1.29 is 19.1 Å². The first-order valence-corrected chi connectivity index (χ1v) is 9.88.